The molecule has 8 nitrogen and oxygen atoms in total. The Hall–Kier alpha value is -2.47. The third kappa shape index (κ3) is 4.90. The van der Waals surface area contributed by atoms with Crippen molar-refractivity contribution in [2.75, 3.05) is 26.1 Å². The fourth-order valence-corrected chi connectivity index (χ4v) is 4.77. The van der Waals surface area contributed by atoms with E-state index in [-0.39, 0.29) is 19.4 Å². The summed E-state index contributed by atoms with van der Waals surface area (Å²) in [6, 6.07) is 5.50. The van der Waals surface area contributed by atoms with Crippen molar-refractivity contribution in [1.29, 1.82) is 0 Å². The number of sulfone groups is 1. The topological polar surface area (TPSA) is 126 Å². The zero-order valence-electron chi connectivity index (χ0n) is 17.1. The Bertz CT molecular complexity index is 1220. The molecule has 0 saturated carbocycles. The molecule has 1 fully saturated rings. The molecule has 10 heteroatoms. The lowest BCUT2D eigenvalue weighted by molar-refractivity contribution is -0.131. The standard InChI is InChI=1S/C21H22N2O6S2/c1-20(19(25)23-26,31(2,27)28)10-8-18-22-16-7-6-15(11-17(16)30-18)5-3-4-9-21(12-24)13-29-14-21/h6-7,11,24,26H,8,10,12-14H2,1-2H3,(H,23,25). The van der Waals surface area contributed by atoms with E-state index < -0.39 is 25.9 Å². The average molecular weight is 463 g/mol. The summed E-state index contributed by atoms with van der Waals surface area (Å²) in [5.41, 5.74) is 2.44. The lowest BCUT2D eigenvalue weighted by Gasteiger charge is -2.34. The van der Waals surface area contributed by atoms with Crippen molar-refractivity contribution in [3.05, 3.63) is 28.8 Å². The summed E-state index contributed by atoms with van der Waals surface area (Å²) in [5.74, 6) is 10.5. The number of hydrogen-bond acceptors (Lipinski definition) is 8. The van der Waals surface area contributed by atoms with E-state index in [4.69, 9.17) is 9.94 Å². The zero-order chi connectivity index (χ0) is 22.7. The molecule has 1 aromatic heterocycles. The van der Waals surface area contributed by atoms with E-state index in [1.54, 1.807) is 0 Å². The van der Waals surface area contributed by atoms with Crippen LogP contribution in [0.25, 0.3) is 10.2 Å². The highest BCUT2D eigenvalue weighted by Crippen LogP contribution is 2.28. The number of nitrogens with one attached hydrogen (secondary N) is 1. The molecular weight excluding hydrogens is 440 g/mol. The summed E-state index contributed by atoms with van der Waals surface area (Å²) in [6.07, 6.45) is 1.21. The Morgan fingerprint density at radius 1 is 1.39 bits per heavy atom. The first-order valence-corrected chi connectivity index (χ1v) is 12.1. The van der Waals surface area contributed by atoms with Crippen LogP contribution in [0, 0.1) is 29.1 Å². The first-order chi connectivity index (χ1) is 14.6. The minimum Gasteiger partial charge on any atom is -0.395 e. The van der Waals surface area contributed by atoms with Gasteiger partial charge in [-0.2, -0.15) is 0 Å². The molecule has 0 bridgehead atoms. The van der Waals surface area contributed by atoms with Crippen molar-refractivity contribution in [3.8, 4) is 23.7 Å². The van der Waals surface area contributed by atoms with Gasteiger partial charge in [-0.15, -0.1) is 11.3 Å². The maximum Gasteiger partial charge on any atom is 0.264 e. The lowest BCUT2D eigenvalue weighted by atomic mass is 9.88. The van der Waals surface area contributed by atoms with Crippen LogP contribution in [0.1, 0.15) is 23.9 Å². The molecule has 3 N–H and O–H groups in total. The van der Waals surface area contributed by atoms with Crippen molar-refractivity contribution in [1.82, 2.24) is 10.5 Å². The van der Waals surface area contributed by atoms with E-state index in [2.05, 4.69) is 28.7 Å². The third-order valence-corrected chi connectivity index (χ3v) is 8.41. The number of aryl methyl sites for hydroxylation is 1. The SMILES string of the molecule is CC(CCc1nc2ccc(C#CC#CC3(CO)COC3)cc2s1)(C(=O)NO)S(C)(=O)=O. The molecule has 31 heavy (non-hydrogen) atoms. The first kappa shape index (κ1) is 23.2. The molecule has 0 spiro atoms. The number of aromatic nitrogens is 1. The molecule has 1 atom stereocenters. The number of fused-ring (bicyclic) bond motifs is 1. The summed E-state index contributed by atoms with van der Waals surface area (Å²) in [4.78, 5) is 16.4. The average Bonchev–Trinajstić information content (AvgIpc) is 3.11. The Balaban J connectivity index is 1.75. The summed E-state index contributed by atoms with van der Waals surface area (Å²) in [7, 11) is -3.76. The smallest absolute Gasteiger partial charge is 0.264 e. The number of carbonyl (C=O) groups excluding carboxylic acids is 1. The molecule has 3 rings (SSSR count). The van der Waals surface area contributed by atoms with Gasteiger partial charge >= 0.3 is 0 Å². The summed E-state index contributed by atoms with van der Waals surface area (Å²) in [6.45, 7) is 2.04. The third-order valence-electron chi connectivity index (χ3n) is 5.31. The van der Waals surface area contributed by atoms with Crippen LogP contribution in [0.2, 0.25) is 0 Å². The van der Waals surface area contributed by atoms with Gasteiger partial charge in [0.05, 0.1) is 35.0 Å². The summed E-state index contributed by atoms with van der Waals surface area (Å²) in [5, 5.41) is 19.0. The van der Waals surface area contributed by atoms with Gasteiger partial charge in [0, 0.05) is 18.2 Å². The van der Waals surface area contributed by atoms with E-state index in [1.807, 2.05) is 18.2 Å². The van der Waals surface area contributed by atoms with Gasteiger partial charge in [0.2, 0.25) is 0 Å². The highest BCUT2D eigenvalue weighted by Gasteiger charge is 2.43. The normalized spacial score (nSPS) is 16.8. The molecule has 164 valence electrons. The Labute approximate surface area is 184 Å². The van der Waals surface area contributed by atoms with E-state index >= 15 is 0 Å². The highest BCUT2D eigenvalue weighted by atomic mass is 32.2. The van der Waals surface area contributed by atoms with Crippen molar-refractivity contribution in [2.45, 2.75) is 24.5 Å². The van der Waals surface area contributed by atoms with Gasteiger partial charge in [-0.1, -0.05) is 11.8 Å². The van der Waals surface area contributed by atoms with Crippen molar-refractivity contribution >= 4 is 37.3 Å². The van der Waals surface area contributed by atoms with Gasteiger partial charge in [0.1, 0.15) is 10.2 Å². The maximum atomic E-state index is 12.1. The van der Waals surface area contributed by atoms with Crippen LogP contribution in [0.5, 0.6) is 0 Å². The molecule has 1 aliphatic heterocycles. The number of benzene rings is 1. The van der Waals surface area contributed by atoms with E-state index in [0.717, 1.165) is 22.0 Å². The van der Waals surface area contributed by atoms with Crippen LogP contribution in [0.3, 0.4) is 0 Å². The highest BCUT2D eigenvalue weighted by molar-refractivity contribution is 7.92. The van der Waals surface area contributed by atoms with Gasteiger partial charge < -0.3 is 9.84 Å². The van der Waals surface area contributed by atoms with Gasteiger partial charge in [-0.25, -0.2) is 18.9 Å². The van der Waals surface area contributed by atoms with E-state index in [9.17, 15) is 18.3 Å². The molecule has 2 heterocycles. The molecule has 0 aliphatic carbocycles. The summed E-state index contributed by atoms with van der Waals surface area (Å²) >= 11 is 1.39. The molecule has 0 radical (unpaired) electrons. The number of aliphatic hydroxyl groups is 1. The van der Waals surface area contributed by atoms with Crippen LogP contribution in [0.15, 0.2) is 18.2 Å². The molecule has 1 saturated heterocycles. The maximum absolute atomic E-state index is 12.1. The molecule has 1 aromatic carbocycles. The Morgan fingerprint density at radius 2 is 2.13 bits per heavy atom. The number of aliphatic hydroxyl groups excluding tert-OH is 1. The molecule has 1 aliphatic rings. The van der Waals surface area contributed by atoms with Crippen LogP contribution < -0.4 is 5.48 Å². The molecule has 1 unspecified atom stereocenters. The number of hydroxylamine groups is 1. The van der Waals surface area contributed by atoms with Gasteiger partial charge in [-0.05, 0) is 43.4 Å². The van der Waals surface area contributed by atoms with Gasteiger partial charge in [0.25, 0.3) is 5.91 Å². The van der Waals surface area contributed by atoms with Crippen LogP contribution >= 0.6 is 11.3 Å². The Morgan fingerprint density at radius 3 is 2.71 bits per heavy atom. The number of ether oxygens (including phenoxy) is 1. The van der Waals surface area contributed by atoms with Gasteiger partial charge in [0.15, 0.2) is 9.84 Å². The lowest BCUT2D eigenvalue weighted by Crippen LogP contribution is -2.49. The number of nitrogens with zero attached hydrogens (tertiary/aromatic N) is 1. The monoisotopic (exact) mass is 462 g/mol. The van der Waals surface area contributed by atoms with Crippen molar-refractivity contribution in [2.24, 2.45) is 5.41 Å². The number of rotatable bonds is 6. The van der Waals surface area contributed by atoms with Gasteiger partial charge in [-0.3, -0.25) is 10.0 Å². The Kier molecular flexibility index (Phi) is 6.70. The second kappa shape index (κ2) is 8.95. The number of carbonyl (C=O) groups is 1. The largest absolute Gasteiger partial charge is 0.395 e. The van der Waals surface area contributed by atoms with Crippen molar-refractivity contribution < 1.29 is 28.3 Å². The number of thiazole rings is 1. The minimum atomic E-state index is -3.76. The van der Waals surface area contributed by atoms with Crippen LogP contribution in [-0.4, -0.2) is 60.4 Å². The number of amides is 1. The molecule has 1 amide bonds. The van der Waals surface area contributed by atoms with Crippen LogP contribution in [0.4, 0.5) is 0 Å². The second-order valence-corrected chi connectivity index (χ2v) is 11.2. The fraction of sp³-hybridized carbons (Fsp3) is 0.429. The zero-order valence-corrected chi connectivity index (χ0v) is 18.7. The quantitative estimate of drug-likeness (QED) is 0.331. The van der Waals surface area contributed by atoms with Crippen molar-refractivity contribution in [3.63, 3.8) is 0 Å². The fourth-order valence-electron chi connectivity index (χ4n) is 2.91. The predicted octanol–water partition coefficient (Wildman–Crippen LogP) is 0.901. The number of hydrogen-bond donors (Lipinski definition) is 3. The molecular formula is C21H22N2O6S2. The first-order valence-electron chi connectivity index (χ1n) is 9.38. The second-order valence-electron chi connectivity index (χ2n) is 7.67. The van der Waals surface area contributed by atoms with E-state index in [0.29, 0.717) is 18.2 Å². The van der Waals surface area contributed by atoms with Crippen LogP contribution in [-0.2, 0) is 25.8 Å². The molecule has 2 aromatic rings. The van der Waals surface area contributed by atoms with E-state index in [1.165, 1.54) is 23.7 Å². The predicted molar refractivity (Wildman–Crippen MR) is 116 cm³/mol. The summed E-state index contributed by atoms with van der Waals surface area (Å²) < 4.78 is 28.4. The minimum absolute atomic E-state index is 0.0172.